The van der Waals surface area contributed by atoms with E-state index < -0.39 is 0 Å². The molecule has 0 aliphatic carbocycles. The third kappa shape index (κ3) is 2.73. The van der Waals surface area contributed by atoms with E-state index in [0.717, 1.165) is 24.5 Å². The SMILES string of the molecule is CCc1cc(N2CC(CN)OCC2C)ncn1. The van der Waals surface area contributed by atoms with Gasteiger partial charge in [-0.1, -0.05) is 6.92 Å². The lowest BCUT2D eigenvalue weighted by Crippen LogP contribution is -2.51. The highest BCUT2D eigenvalue weighted by Crippen LogP contribution is 2.19. The number of hydrogen-bond acceptors (Lipinski definition) is 5. The van der Waals surface area contributed by atoms with Gasteiger partial charge in [-0.2, -0.15) is 0 Å². The van der Waals surface area contributed by atoms with Crippen LogP contribution in [-0.4, -0.2) is 41.8 Å². The number of aryl methyl sites for hydroxylation is 1. The summed E-state index contributed by atoms with van der Waals surface area (Å²) < 4.78 is 5.64. The van der Waals surface area contributed by atoms with Crippen molar-refractivity contribution in [1.29, 1.82) is 0 Å². The van der Waals surface area contributed by atoms with Crippen LogP contribution in [0.25, 0.3) is 0 Å². The number of morpholine rings is 1. The van der Waals surface area contributed by atoms with Crippen LogP contribution in [0.4, 0.5) is 5.82 Å². The van der Waals surface area contributed by atoms with Gasteiger partial charge in [0.25, 0.3) is 0 Å². The number of hydrogen-bond donors (Lipinski definition) is 1. The molecule has 0 saturated carbocycles. The van der Waals surface area contributed by atoms with Crippen LogP contribution in [0.2, 0.25) is 0 Å². The van der Waals surface area contributed by atoms with Gasteiger partial charge in [-0.15, -0.1) is 0 Å². The molecule has 17 heavy (non-hydrogen) atoms. The van der Waals surface area contributed by atoms with Gasteiger partial charge in [-0.25, -0.2) is 9.97 Å². The molecule has 1 aliphatic heterocycles. The topological polar surface area (TPSA) is 64.3 Å². The minimum atomic E-state index is 0.103. The monoisotopic (exact) mass is 236 g/mol. The second-order valence-corrected chi connectivity index (χ2v) is 4.41. The normalized spacial score (nSPS) is 25.0. The number of aromatic nitrogens is 2. The van der Waals surface area contributed by atoms with Crippen LogP contribution >= 0.6 is 0 Å². The van der Waals surface area contributed by atoms with Crippen molar-refractivity contribution in [3.8, 4) is 0 Å². The fourth-order valence-corrected chi connectivity index (χ4v) is 2.02. The summed E-state index contributed by atoms with van der Waals surface area (Å²) in [6, 6.07) is 2.38. The summed E-state index contributed by atoms with van der Waals surface area (Å²) >= 11 is 0. The molecule has 2 atom stereocenters. The highest BCUT2D eigenvalue weighted by atomic mass is 16.5. The predicted molar refractivity (Wildman–Crippen MR) is 67.0 cm³/mol. The van der Waals surface area contributed by atoms with Crippen molar-refractivity contribution < 1.29 is 4.74 Å². The Balaban J connectivity index is 2.18. The Hall–Kier alpha value is -1.20. The van der Waals surface area contributed by atoms with E-state index in [2.05, 4.69) is 34.8 Å². The summed E-state index contributed by atoms with van der Waals surface area (Å²) in [5.74, 6) is 0.978. The van der Waals surface area contributed by atoms with Gasteiger partial charge < -0.3 is 15.4 Å². The number of nitrogens with two attached hydrogens (primary N) is 1. The average molecular weight is 236 g/mol. The number of anilines is 1. The molecule has 0 amide bonds. The van der Waals surface area contributed by atoms with E-state index in [-0.39, 0.29) is 6.10 Å². The predicted octanol–water partition coefficient (Wildman–Crippen LogP) is 0.591. The second-order valence-electron chi connectivity index (χ2n) is 4.41. The van der Waals surface area contributed by atoms with E-state index in [1.54, 1.807) is 6.33 Å². The van der Waals surface area contributed by atoms with Gasteiger partial charge in [0.15, 0.2) is 0 Å². The van der Waals surface area contributed by atoms with Gasteiger partial charge in [0, 0.05) is 24.8 Å². The van der Waals surface area contributed by atoms with Crippen LogP contribution in [-0.2, 0) is 11.2 Å². The zero-order valence-corrected chi connectivity index (χ0v) is 10.5. The van der Waals surface area contributed by atoms with Crippen LogP contribution in [0.1, 0.15) is 19.5 Å². The van der Waals surface area contributed by atoms with E-state index >= 15 is 0 Å². The van der Waals surface area contributed by atoms with Gasteiger partial charge in [0.05, 0.1) is 18.8 Å². The number of ether oxygens (including phenoxy) is 1. The number of nitrogens with zero attached hydrogens (tertiary/aromatic N) is 3. The highest BCUT2D eigenvalue weighted by molar-refractivity contribution is 5.41. The van der Waals surface area contributed by atoms with Crippen molar-refractivity contribution >= 4 is 5.82 Å². The summed E-state index contributed by atoms with van der Waals surface area (Å²) in [6.07, 6.45) is 2.66. The summed E-state index contributed by atoms with van der Waals surface area (Å²) in [7, 11) is 0. The van der Waals surface area contributed by atoms with Crippen molar-refractivity contribution in [1.82, 2.24) is 9.97 Å². The van der Waals surface area contributed by atoms with Crippen molar-refractivity contribution in [3.63, 3.8) is 0 Å². The first-order valence-corrected chi connectivity index (χ1v) is 6.13. The molecule has 5 nitrogen and oxygen atoms in total. The van der Waals surface area contributed by atoms with Crippen LogP contribution in [0, 0.1) is 0 Å². The standard InChI is InChI=1S/C12H20N4O/c1-3-10-4-12(15-8-14-10)16-6-11(5-13)17-7-9(16)2/h4,8-9,11H,3,5-7,13H2,1-2H3. The van der Waals surface area contributed by atoms with Crippen molar-refractivity contribution in [2.45, 2.75) is 32.4 Å². The molecule has 0 aromatic carbocycles. The van der Waals surface area contributed by atoms with Crippen molar-refractivity contribution in [2.75, 3.05) is 24.6 Å². The Morgan fingerprint density at radius 2 is 2.35 bits per heavy atom. The summed E-state index contributed by atoms with van der Waals surface area (Å²) in [6.45, 7) is 6.29. The molecule has 2 N–H and O–H groups in total. The molecule has 1 fully saturated rings. The molecule has 1 aromatic rings. The van der Waals surface area contributed by atoms with Gasteiger partial charge in [0.2, 0.25) is 0 Å². The first-order chi connectivity index (χ1) is 8.24. The van der Waals surface area contributed by atoms with Crippen LogP contribution in [0.3, 0.4) is 0 Å². The van der Waals surface area contributed by atoms with Gasteiger partial charge in [0.1, 0.15) is 12.1 Å². The number of rotatable bonds is 3. The molecule has 2 rings (SSSR count). The smallest absolute Gasteiger partial charge is 0.132 e. The van der Waals surface area contributed by atoms with Crippen molar-refractivity contribution in [3.05, 3.63) is 18.1 Å². The zero-order chi connectivity index (χ0) is 12.3. The highest BCUT2D eigenvalue weighted by Gasteiger charge is 2.26. The summed E-state index contributed by atoms with van der Waals surface area (Å²) in [5, 5.41) is 0. The Labute approximate surface area is 102 Å². The quantitative estimate of drug-likeness (QED) is 0.832. The zero-order valence-electron chi connectivity index (χ0n) is 10.5. The molecule has 1 aliphatic rings. The summed E-state index contributed by atoms with van der Waals surface area (Å²) in [5.41, 5.74) is 6.73. The molecule has 0 radical (unpaired) electrons. The van der Waals surface area contributed by atoms with Crippen molar-refractivity contribution in [2.24, 2.45) is 5.73 Å². The molecule has 0 bridgehead atoms. The van der Waals surface area contributed by atoms with Gasteiger partial charge >= 0.3 is 0 Å². The van der Waals surface area contributed by atoms with E-state index in [9.17, 15) is 0 Å². The molecule has 1 saturated heterocycles. The first-order valence-electron chi connectivity index (χ1n) is 6.13. The lowest BCUT2D eigenvalue weighted by Gasteiger charge is -2.38. The first kappa shape index (κ1) is 12.3. The van der Waals surface area contributed by atoms with Crippen LogP contribution in [0.15, 0.2) is 12.4 Å². The largest absolute Gasteiger partial charge is 0.373 e. The molecular formula is C12H20N4O. The maximum atomic E-state index is 5.66. The Kier molecular flexibility index (Phi) is 3.91. The maximum absolute atomic E-state index is 5.66. The molecular weight excluding hydrogens is 216 g/mol. The fraction of sp³-hybridized carbons (Fsp3) is 0.667. The van der Waals surface area contributed by atoms with E-state index in [1.807, 2.05) is 0 Å². The summed E-state index contributed by atoms with van der Waals surface area (Å²) in [4.78, 5) is 10.8. The molecule has 94 valence electrons. The average Bonchev–Trinajstić information content (AvgIpc) is 2.39. The molecule has 2 unspecified atom stereocenters. The minimum absolute atomic E-state index is 0.103. The molecule has 0 spiro atoms. The lowest BCUT2D eigenvalue weighted by atomic mass is 10.2. The van der Waals surface area contributed by atoms with Gasteiger partial charge in [-0.3, -0.25) is 0 Å². The maximum Gasteiger partial charge on any atom is 0.132 e. The third-order valence-corrected chi connectivity index (χ3v) is 3.13. The molecule has 1 aromatic heterocycles. The Morgan fingerprint density at radius 1 is 1.53 bits per heavy atom. The van der Waals surface area contributed by atoms with E-state index in [1.165, 1.54) is 0 Å². The minimum Gasteiger partial charge on any atom is -0.373 e. The Morgan fingerprint density at radius 3 is 3.06 bits per heavy atom. The van der Waals surface area contributed by atoms with E-state index in [0.29, 0.717) is 19.2 Å². The molecule has 2 heterocycles. The van der Waals surface area contributed by atoms with Gasteiger partial charge in [-0.05, 0) is 13.3 Å². The van der Waals surface area contributed by atoms with Crippen LogP contribution < -0.4 is 10.6 Å². The Bertz CT molecular complexity index is 371. The molecule has 5 heteroatoms. The third-order valence-electron chi connectivity index (χ3n) is 3.13. The van der Waals surface area contributed by atoms with E-state index in [4.69, 9.17) is 10.5 Å². The fourth-order valence-electron chi connectivity index (χ4n) is 2.02. The second kappa shape index (κ2) is 5.42. The van der Waals surface area contributed by atoms with Crippen LogP contribution in [0.5, 0.6) is 0 Å². The lowest BCUT2D eigenvalue weighted by molar-refractivity contribution is 0.0280.